The molecule has 0 fully saturated rings. The first-order chi connectivity index (χ1) is 18.8. The molecule has 2 amide bonds. The van der Waals surface area contributed by atoms with Gasteiger partial charge in [-0.25, -0.2) is 8.78 Å². The van der Waals surface area contributed by atoms with Crippen LogP contribution < -0.4 is 16.0 Å². The van der Waals surface area contributed by atoms with Gasteiger partial charge in [0.15, 0.2) is 0 Å². The molecule has 0 unspecified atom stereocenters. The molecule has 8 heteroatoms. The van der Waals surface area contributed by atoms with E-state index in [9.17, 15) is 23.5 Å². The molecular weight excluding hydrogens is 500 g/mol. The van der Waals surface area contributed by atoms with Crippen LogP contribution in [-0.2, 0) is 24.2 Å². The second kappa shape index (κ2) is 15.7. The van der Waals surface area contributed by atoms with E-state index >= 15 is 0 Å². The number of unbranched alkanes of at least 4 members (excludes halogenated alkanes) is 1. The van der Waals surface area contributed by atoms with Crippen molar-refractivity contribution in [2.45, 2.75) is 57.7 Å². The SMILES string of the molecule is CCc1cccc(CNC[C@@H](O)[C@H](Cc2cc(F)cc(F)c2)NC(=O)CCCCNC(=O)c2ccccc2)c1. The zero-order chi connectivity index (χ0) is 28.0. The van der Waals surface area contributed by atoms with Gasteiger partial charge in [0, 0.05) is 37.7 Å². The standard InChI is InChI=1S/C31H37F2N3O3/c1-2-22-9-8-10-23(15-22)20-34-21-29(37)28(18-24-16-26(32)19-27(33)17-24)36-30(38)13-6-7-14-35-31(39)25-11-4-3-5-12-25/h3-5,8-12,15-17,19,28-29,34,37H,2,6-7,13-14,18,20-21H2,1H3,(H,35,39)(H,36,38)/t28-,29+/m0/s1. The normalized spacial score (nSPS) is 12.5. The minimum absolute atomic E-state index is 0.0712. The van der Waals surface area contributed by atoms with Crippen molar-refractivity contribution in [3.8, 4) is 0 Å². The van der Waals surface area contributed by atoms with Gasteiger partial charge in [0.1, 0.15) is 11.6 Å². The molecule has 0 aliphatic rings. The highest BCUT2D eigenvalue weighted by molar-refractivity contribution is 5.94. The van der Waals surface area contributed by atoms with Crippen molar-refractivity contribution in [1.29, 1.82) is 0 Å². The molecule has 39 heavy (non-hydrogen) atoms. The predicted molar refractivity (Wildman–Crippen MR) is 148 cm³/mol. The van der Waals surface area contributed by atoms with Crippen LogP contribution in [0.3, 0.4) is 0 Å². The summed E-state index contributed by atoms with van der Waals surface area (Å²) in [7, 11) is 0. The monoisotopic (exact) mass is 537 g/mol. The molecule has 0 heterocycles. The average Bonchev–Trinajstić information content (AvgIpc) is 2.92. The summed E-state index contributed by atoms with van der Waals surface area (Å²) in [5.41, 5.74) is 3.21. The third-order valence-electron chi connectivity index (χ3n) is 6.42. The zero-order valence-electron chi connectivity index (χ0n) is 22.3. The number of hydrogen-bond acceptors (Lipinski definition) is 4. The Balaban J connectivity index is 1.50. The van der Waals surface area contributed by atoms with E-state index in [2.05, 4.69) is 35.0 Å². The number of halogens is 2. The van der Waals surface area contributed by atoms with Gasteiger partial charge < -0.3 is 21.1 Å². The van der Waals surface area contributed by atoms with Gasteiger partial charge in [-0.2, -0.15) is 0 Å². The van der Waals surface area contributed by atoms with Gasteiger partial charge in [0.2, 0.25) is 5.91 Å². The summed E-state index contributed by atoms with van der Waals surface area (Å²) < 4.78 is 27.5. The largest absolute Gasteiger partial charge is 0.390 e. The van der Waals surface area contributed by atoms with Crippen LogP contribution in [0, 0.1) is 11.6 Å². The first kappa shape index (κ1) is 29.9. The second-order valence-corrected chi connectivity index (χ2v) is 9.61. The fourth-order valence-corrected chi connectivity index (χ4v) is 4.32. The molecule has 3 aromatic carbocycles. The van der Waals surface area contributed by atoms with E-state index < -0.39 is 23.8 Å². The molecule has 0 bridgehead atoms. The summed E-state index contributed by atoms with van der Waals surface area (Å²) in [4.78, 5) is 24.8. The molecule has 0 aliphatic heterocycles. The summed E-state index contributed by atoms with van der Waals surface area (Å²) >= 11 is 0. The molecule has 3 aromatic rings. The number of benzene rings is 3. The van der Waals surface area contributed by atoms with Crippen LogP contribution in [-0.4, -0.2) is 42.2 Å². The molecule has 4 N–H and O–H groups in total. The van der Waals surface area contributed by atoms with Gasteiger partial charge in [0.05, 0.1) is 12.1 Å². The number of carbonyl (C=O) groups excluding carboxylic acids is 2. The van der Waals surface area contributed by atoms with Crippen molar-refractivity contribution in [1.82, 2.24) is 16.0 Å². The molecule has 0 aliphatic carbocycles. The Labute approximate surface area is 228 Å². The smallest absolute Gasteiger partial charge is 0.251 e. The van der Waals surface area contributed by atoms with Crippen LogP contribution in [0.2, 0.25) is 0 Å². The van der Waals surface area contributed by atoms with Crippen LogP contribution in [0.25, 0.3) is 0 Å². The Morgan fingerprint density at radius 2 is 1.59 bits per heavy atom. The highest BCUT2D eigenvalue weighted by Gasteiger charge is 2.22. The van der Waals surface area contributed by atoms with E-state index in [1.807, 2.05) is 18.2 Å². The Morgan fingerprint density at radius 1 is 0.872 bits per heavy atom. The van der Waals surface area contributed by atoms with Gasteiger partial charge in [0.25, 0.3) is 5.91 Å². The number of nitrogens with one attached hydrogen (secondary N) is 3. The van der Waals surface area contributed by atoms with Gasteiger partial charge in [-0.1, -0.05) is 49.4 Å². The lowest BCUT2D eigenvalue weighted by Crippen LogP contribution is -2.48. The number of carbonyl (C=O) groups is 2. The average molecular weight is 538 g/mol. The lowest BCUT2D eigenvalue weighted by atomic mass is 10.00. The van der Waals surface area contributed by atoms with E-state index in [0.29, 0.717) is 37.1 Å². The minimum Gasteiger partial charge on any atom is -0.390 e. The maximum atomic E-state index is 13.8. The van der Waals surface area contributed by atoms with Crippen molar-refractivity contribution in [2.24, 2.45) is 0 Å². The quantitative estimate of drug-likeness (QED) is 0.218. The molecule has 0 spiro atoms. The Hall–Kier alpha value is -3.62. The number of aliphatic hydroxyl groups excluding tert-OH is 1. The molecule has 3 rings (SSSR count). The Morgan fingerprint density at radius 3 is 2.31 bits per heavy atom. The van der Waals surface area contributed by atoms with E-state index in [-0.39, 0.29) is 31.2 Å². The summed E-state index contributed by atoms with van der Waals surface area (Å²) in [5.74, 6) is -1.87. The molecule has 2 atom stereocenters. The summed E-state index contributed by atoms with van der Waals surface area (Å²) in [6, 6.07) is 19.5. The maximum absolute atomic E-state index is 13.8. The Kier molecular flexibility index (Phi) is 12.1. The van der Waals surface area contributed by atoms with Crippen molar-refractivity contribution in [3.63, 3.8) is 0 Å². The lowest BCUT2D eigenvalue weighted by molar-refractivity contribution is -0.122. The van der Waals surface area contributed by atoms with Crippen molar-refractivity contribution in [2.75, 3.05) is 13.1 Å². The lowest BCUT2D eigenvalue weighted by Gasteiger charge is -2.25. The molecule has 0 saturated heterocycles. The van der Waals surface area contributed by atoms with Gasteiger partial charge >= 0.3 is 0 Å². The van der Waals surface area contributed by atoms with Gasteiger partial charge in [-0.05, 0) is 66.6 Å². The molecule has 0 radical (unpaired) electrons. The van der Waals surface area contributed by atoms with Crippen LogP contribution in [0.4, 0.5) is 8.78 Å². The summed E-state index contributed by atoms with van der Waals surface area (Å²) in [6.45, 7) is 3.23. The molecular formula is C31H37F2N3O3. The number of amides is 2. The third-order valence-corrected chi connectivity index (χ3v) is 6.42. The van der Waals surface area contributed by atoms with Crippen LogP contribution in [0.5, 0.6) is 0 Å². The summed E-state index contributed by atoms with van der Waals surface area (Å²) in [5, 5.41) is 19.8. The van der Waals surface area contributed by atoms with Gasteiger partial charge in [-0.3, -0.25) is 9.59 Å². The van der Waals surface area contributed by atoms with Crippen molar-refractivity contribution < 1.29 is 23.5 Å². The fourth-order valence-electron chi connectivity index (χ4n) is 4.32. The third kappa shape index (κ3) is 10.6. The topological polar surface area (TPSA) is 90.5 Å². The number of aryl methyl sites for hydroxylation is 1. The van der Waals surface area contributed by atoms with Crippen LogP contribution in [0.15, 0.2) is 72.8 Å². The van der Waals surface area contributed by atoms with Crippen LogP contribution >= 0.6 is 0 Å². The van der Waals surface area contributed by atoms with E-state index in [1.165, 1.54) is 17.7 Å². The van der Waals surface area contributed by atoms with E-state index in [1.54, 1.807) is 24.3 Å². The zero-order valence-corrected chi connectivity index (χ0v) is 22.3. The van der Waals surface area contributed by atoms with E-state index in [0.717, 1.165) is 18.1 Å². The number of hydrogen-bond donors (Lipinski definition) is 4. The molecule has 6 nitrogen and oxygen atoms in total. The second-order valence-electron chi connectivity index (χ2n) is 9.61. The molecule has 0 aromatic heterocycles. The highest BCUT2D eigenvalue weighted by atomic mass is 19.1. The highest BCUT2D eigenvalue weighted by Crippen LogP contribution is 2.13. The van der Waals surface area contributed by atoms with Crippen LogP contribution in [0.1, 0.15) is 53.2 Å². The maximum Gasteiger partial charge on any atom is 0.251 e. The molecule has 208 valence electrons. The summed E-state index contributed by atoms with van der Waals surface area (Å²) in [6.07, 6.45) is 1.34. The minimum atomic E-state index is -0.986. The van der Waals surface area contributed by atoms with E-state index in [4.69, 9.17) is 0 Å². The number of rotatable bonds is 15. The fraction of sp³-hybridized carbons (Fsp3) is 0.355. The first-order valence-corrected chi connectivity index (χ1v) is 13.4. The van der Waals surface area contributed by atoms with Crippen molar-refractivity contribution in [3.05, 3.63) is 107 Å². The predicted octanol–water partition coefficient (Wildman–Crippen LogP) is 4.31. The van der Waals surface area contributed by atoms with Crippen molar-refractivity contribution >= 4 is 11.8 Å². The molecule has 0 saturated carbocycles. The first-order valence-electron chi connectivity index (χ1n) is 13.4. The Bertz CT molecular complexity index is 1190. The van der Waals surface area contributed by atoms with Gasteiger partial charge in [-0.15, -0.1) is 0 Å². The number of aliphatic hydroxyl groups is 1.